The van der Waals surface area contributed by atoms with Crippen LogP contribution in [0, 0.1) is 6.92 Å². The van der Waals surface area contributed by atoms with Crippen molar-refractivity contribution in [2.75, 3.05) is 30.4 Å². The first-order valence-corrected chi connectivity index (χ1v) is 8.64. The van der Waals surface area contributed by atoms with Crippen LogP contribution >= 0.6 is 0 Å². The highest BCUT2D eigenvalue weighted by molar-refractivity contribution is 5.93. The number of nitrogens with one attached hydrogen (secondary N) is 2. The van der Waals surface area contributed by atoms with Crippen LogP contribution in [-0.4, -0.2) is 31.8 Å². The minimum absolute atomic E-state index is 0.0810. The Morgan fingerprint density at radius 2 is 1.84 bits per heavy atom. The number of ether oxygens (including phenoxy) is 2. The summed E-state index contributed by atoms with van der Waals surface area (Å²) in [7, 11) is 0. The van der Waals surface area contributed by atoms with Gasteiger partial charge in [0.2, 0.25) is 5.91 Å². The average molecular weight is 340 g/mol. The monoisotopic (exact) mass is 340 g/mol. The highest BCUT2D eigenvalue weighted by Crippen LogP contribution is 2.18. The van der Waals surface area contributed by atoms with Crippen LogP contribution in [0.4, 0.5) is 11.4 Å². The van der Waals surface area contributed by atoms with Crippen LogP contribution in [-0.2, 0) is 9.53 Å². The van der Waals surface area contributed by atoms with Crippen molar-refractivity contribution in [3.63, 3.8) is 0 Å². The molecule has 0 saturated carbocycles. The van der Waals surface area contributed by atoms with Crippen molar-refractivity contribution in [1.82, 2.24) is 0 Å². The lowest BCUT2D eigenvalue weighted by Crippen LogP contribution is -2.21. The van der Waals surface area contributed by atoms with Crippen molar-refractivity contribution in [2.45, 2.75) is 25.9 Å². The van der Waals surface area contributed by atoms with Crippen LogP contribution in [0.3, 0.4) is 0 Å². The minimum atomic E-state index is -0.0810. The Morgan fingerprint density at radius 1 is 1.12 bits per heavy atom. The molecule has 1 unspecified atom stereocenters. The van der Waals surface area contributed by atoms with Crippen molar-refractivity contribution in [3.8, 4) is 5.75 Å². The number of carbonyl (C=O) groups is 1. The zero-order valence-electron chi connectivity index (χ0n) is 14.5. The molecule has 0 spiro atoms. The summed E-state index contributed by atoms with van der Waals surface area (Å²) in [6.45, 7) is 3.65. The lowest BCUT2D eigenvalue weighted by atomic mass is 10.2. The highest BCUT2D eigenvalue weighted by Gasteiger charge is 2.15. The van der Waals surface area contributed by atoms with Crippen molar-refractivity contribution >= 4 is 17.3 Å². The number of aryl methyl sites for hydroxylation is 1. The van der Waals surface area contributed by atoms with Gasteiger partial charge in [0.05, 0.1) is 12.6 Å². The molecule has 0 aliphatic carbocycles. The van der Waals surface area contributed by atoms with Gasteiger partial charge in [-0.15, -0.1) is 0 Å². The summed E-state index contributed by atoms with van der Waals surface area (Å²) in [5, 5.41) is 5.97. The van der Waals surface area contributed by atoms with Crippen molar-refractivity contribution in [1.29, 1.82) is 0 Å². The molecule has 2 N–H and O–H groups in total. The lowest BCUT2D eigenvalue weighted by Gasteiger charge is -2.12. The van der Waals surface area contributed by atoms with Gasteiger partial charge in [-0.3, -0.25) is 4.79 Å². The van der Waals surface area contributed by atoms with E-state index in [4.69, 9.17) is 9.47 Å². The molecule has 25 heavy (non-hydrogen) atoms. The largest absolute Gasteiger partial charge is 0.491 e. The highest BCUT2D eigenvalue weighted by atomic mass is 16.5. The topological polar surface area (TPSA) is 59.6 Å². The second kappa shape index (κ2) is 8.53. The van der Waals surface area contributed by atoms with Crippen molar-refractivity contribution in [2.24, 2.45) is 0 Å². The minimum Gasteiger partial charge on any atom is -0.491 e. The summed E-state index contributed by atoms with van der Waals surface area (Å²) in [5.41, 5.74) is 2.84. The van der Waals surface area contributed by atoms with Crippen molar-refractivity contribution < 1.29 is 14.3 Å². The summed E-state index contributed by atoms with van der Waals surface area (Å²) in [4.78, 5) is 12.0. The third-order valence-corrected chi connectivity index (χ3v) is 4.10. The number of hydrogen-bond acceptors (Lipinski definition) is 4. The first-order valence-electron chi connectivity index (χ1n) is 8.64. The van der Waals surface area contributed by atoms with E-state index in [0.717, 1.165) is 42.1 Å². The number of anilines is 2. The number of carbonyl (C=O) groups excluding carboxylic acids is 1. The van der Waals surface area contributed by atoms with E-state index in [1.807, 2.05) is 55.5 Å². The predicted molar refractivity (Wildman–Crippen MR) is 99.2 cm³/mol. The van der Waals surface area contributed by atoms with Gasteiger partial charge in [0.1, 0.15) is 12.4 Å². The second-order valence-corrected chi connectivity index (χ2v) is 6.24. The van der Waals surface area contributed by atoms with Gasteiger partial charge in [-0.1, -0.05) is 17.7 Å². The summed E-state index contributed by atoms with van der Waals surface area (Å²) in [6, 6.07) is 15.3. The Bertz CT molecular complexity index is 677. The van der Waals surface area contributed by atoms with E-state index in [0.29, 0.717) is 6.61 Å². The van der Waals surface area contributed by atoms with Crippen molar-refractivity contribution in [3.05, 3.63) is 54.1 Å². The molecule has 1 fully saturated rings. The molecule has 5 heteroatoms. The number of amides is 1. The zero-order valence-corrected chi connectivity index (χ0v) is 14.5. The van der Waals surface area contributed by atoms with Gasteiger partial charge in [0.15, 0.2) is 0 Å². The summed E-state index contributed by atoms with van der Waals surface area (Å²) < 4.78 is 11.3. The van der Waals surface area contributed by atoms with Crippen LogP contribution in [0.2, 0.25) is 0 Å². The fourth-order valence-corrected chi connectivity index (χ4v) is 2.66. The Kier molecular flexibility index (Phi) is 5.90. The Hall–Kier alpha value is -2.53. The van der Waals surface area contributed by atoms with Gasteiger partial charge in [0, 0.05) is 18.0 Å². The first kappa shape index (κ1) is 17.3. The molecule has 0 radical (unpaired) electrons. The molecule has 1 heterocycles. The third-order valence-electron chi connectivity index (χ3n) is 4.10. The molecule has 1 amide bonds. The Balaban J connectivity index is 1.41. The van der Waals surface area contributed by atoms with Crippen LogP contribution in [0.1, 0.15) is 18.4 Å². The summed E-state index contributed by atoms with van der Waals surface area (Å²) in [5.74, 6) is 0.729. The van der Waals surface area contributed by atoms with Gasteiger partial charge in [-0.25, -0.2) is 0 Å². The lowest BCUT2D eigenvalue weighted by molar-refractivity contribution is -0.114. The smallest absolute Gasteiger partial charge is 0.243 e. The third kappa shape index (κ3) is 5.50. The molecule has 1 aliphatic heterocycles. The van der Waals surface area contributed by atoms with Crippen LogP contribution < -0.4 is 15.4 Å². The number of rotatable bonds is 7. The van der Waals surface area contributed by atoms with E-state index >= 15 is 0 Å². The van der Waals surface area contributed by atoms with E-state index in [1.165, 1.54) is 0 Å². The Labute approximate surface area is 148 Å². The van der Waals surface area contributed by atoms with E-state index in [2.05, 4.69) is 10.6 Å². The maximum atomic E-state index is 12.0. The van der Waals surface area contributed by atoms with Crippen LogP contribution in [0.15, 0.2) is 48.5 Å². The molecule has 3 rings (SSSR count). The standard InChI is InChI=1S/C20H24N2O3/c1-15-4-6-17(7-5-15)22-20(23)13-21-16-8-10-18(11-9-16)25-14-19-3-2-12-24-19/h4-11,19,21H,2-3,12-14H2,1H3,(H,22,23). The molecular weight excluding hydrogens is 316 g/mol. The summed E-state index contributed by atoms with van der Waals surface area (Å²) in [6.07, 6.45) is 2.39. The molecular formula is C20H24N2O3. The quantitative estimate of drug-likeness (QED) is 0.808. The maximum absolute atomic E-state index is 12.0. The normalized spacial score (nSPS) is 16.4. The van der Waals surface area contributed by atoms with E-state index < -0.39 is 0 Å². The van der Waals surface area contributed by atoms with Gasteiger partial charge in [-0.2, -0.15) is 0 Å². The molecule has 132 valence electrons. The van der Waals surface area contributed by atoms with E-state index in [-0.39, 0.29) is 18.6 Å². The Morgan fingerprint density at radius 3 is 2.52 bits per heavy atom. The molecule has 2 aromatic rings. The first-order chi connectivity index (χ1) is 12.2. The molecule has 5 nitrogen and oxygen atoms in total. The SMILES string of the molecule is Cc1ccc(NC(=O)CNc2ccc(OCC3CCCO3)cc2)cc1. The molecule has 1 atom stereocenters. The van der Waals surface area contributed by atoms with Gasteiger partial charge in [-0.05, 0) is 56.2 Å². The van der Waals surface area contributed by atoms with Gasteiger partial charge in [0.25, 0.3) is 0 Å². The zero-order chi connectivity index (χ0) is 17.5. The van der Waals surface area contributed by atoms with E-state index in [1.54, 1.807) is 0 Å². The second-order valence-electron chi connectivity index (χ2n) is 6.24. The average Bonchev–Trinajstić information content (AvgIpc) is 3.15. The fraction of sp³-hybridized carbons (Fsp3) is 0.350. The van der Waals surface area contributed by atoms with Gasteiger partial charge < -0.3 is 20.1 Å². The fourth-order valence-electron chi connectivity index (χ4n) is 2.66. The van der Waals surface area contributed by atoms with Crippen LogP contribution in [0.5, 0.6) is 5.75 Å². The molecule has 2 aromatic carbocycles. The van der Waals surface area contributed by atoms with E-state index in [9.17, 15) is 4.79 Å². The molecule has 0 aromatic heterocycles. The maximum Gasteiger partial charge on any atom is 0.243 e. The molecule has 1 aliphatic rings. The van der Waals surface area contributed by atoms with Gasteiger partial charge >= 0.3 is 0 Å². The number of hydrogen-bond donors (Lipinski definition) is 2. The molecule has 0 bridgehead atoms. The molecule has 1 saturated heterocycles. The summed E-state index contributed by atoms with van der Waals surface area (Å²) >= 11 is 0. The predicted octanol–water partition coefficient (Wildman–Crippen LogP) is 3.60. The number of benzene rings is 2. The van der Waals surface area contributed by atoms with Crippen LogP contribution in [0.25, 0.3) is 0 Å².